The molecule has 2 aliphatic rings. The summed E-state index contributed by atoms with van der Waals surface area (Å²) in [6, 6.07) is 0. The summed E-state index contributed by atoms with van der Waals surface area (Å²) in [5.74, 6) is 1.12. The van der Waals surface area contributed by atoms with Crippen LogP contribution in [-0.2, 0) is 9.53 Å². The fourth-order valence-corrected chi connectivity index (χ4v) is 4.50. The number of carboxylic acids is 1. The molecule has 4 nitrogen and oxygen atoms in total. The largest absolute Gasteiger partial charge is 0.481 e. The van der Waals surface area contributed by atoms with E-state index in [-0.39, 0.29) is 6.10 Å². The first kappa shape index (κ1) is 20.4. The third kappa shape index (κ3) is 6.74. The molecule has 144 valence electrons. The minimum atomic E-state index is -0.687. The van der Waals surface area contributed by atoms with Crippen molar-refractivity contribution in [2.45, 2.75) is 89.8 Å². The van der Waals surface area contributed by atoms with E-state index in [9.17, 15) is 9.90 Å². The van der Waals surface area contributed by atoms with Crippen LogP contribution in [0.2, 0.25) is 0 Å². The van der Waals surface area contributed by atoms with Crippen LogP contribution in [0.15, 0.2) is 12.2 Å². The maximum atomic E-state index is 10.5. The lowest BCUT2D eigenvalue weighted by molar-refractivity contribution is -0.137. The summed E-state index contributed by atoms with van der Waals surface area (Å²) >= 11 is 0. The predicted molar refractivity (Wildman–Crippen MR) is 99.5 cm³/mol. The van der Waals surface area contributed by atoms with Crippen LogP contribution >= 0.6 is 0 Å². The monoisotopic (exact) mass is 352 g/mol. The van der Waals surface area contributed by atoms with Gasteiger partial charge in [0, 0.05) is 12.3 Å². The van der Waals surface area contributed by atoms with Gasteiger partial charge in [-0.15, -0.1) is 0 Å². The fraction of sp³-hybridized carbons (Fsp3) is 0.857. The van der Waals surface area contributed by atoms with Crippen molar-refractivity contribution in [1.82, 2.24) is 0 Å². The van der Waals surface area contributed by atoms with Crippen LogP contribution in [0.25, 0.3) is 0 Å². The molecule has 0 spiro atoms. The number of fused-ring (bicyclic) bond motifs is 2. The Morgan fingerprint density at radius 1 is 1.20 bits per heavy atom. The predicted octanol–water partition coefficient (Wildman–Crippen LogP) is 4.56. The molecule has 1 aliphatic heterocycles. The number of aliphatic hydroxyl groups is 1. The van der Waals surface area contributed by atoms with Gasteiger partial charge in [0.25, 0.3) is 0 Å². The minimum absolute atomic E-state index is 0.295. The van der Waals surface area contributed by atoms with Crippen LogP contribution in [0, 0.1) is 17.8 Å². The minimum Gasteiger partial charge on any atom is -0.481 e. The van der Waals surface area contributed by atoms with Gasteiger partial charge >= 0.3 is 5.97 Å². The van der Waals surface area contributed by atoms with E-state index in [2.05, 4.69) is 13.0 Å². The Balaban J connectivity index is 1.71. The molecule has 1 saturated carbocycles. The van der Waals surface area contributed by atoms with Crippen molar-refractivity contribution < 1.29 is 19.7 Å². The van der Waals surface area contributed by atoms with Crippen molar-refractivity contribution >= 4 is 5.97 Å². The average molecular weight is 353 g/mol. The van der Waals surface area contributed by atoms with Crippen molar-refractivity contribution in [3.8, 4) is 0 Å². The average Bonchev–Trinajstić information content (AvgIpc) is 3.17. The quantitative estimate of drug-likeness (QED) is 0.377. The zero-order chi connectivity index (χ0) is 18.1. The van der Waals surface area contributed by atoms with Crippen LogP contribution in [0.1, 0.15) is 77.6 Å². The second-order valence-corrected chi connectivity index (χ2v) is 7.90. The molecule has 2 fully saturated rings. The summed E-state index contributed by atoms with van der Waals surface area (Å²) in [6.45, 7) is 3.08. The maximum absolute atomic E-state index is 10.5. The van der Waals surface area contributed by atoms with E-state index in [0.717, 1.165) is 38.7 Å². The Bertz CT molecular complexity index is 420. The normalized spacial score (nSPS) is 29.5. The summed E-state index contributed by atoms with van der Waals surface area (Å²) in [6.07, 6.45) is 15.4. The number of ether oxygens (including phenoxy) is 1. The van der Waals surface area contributed by atoms with E-state index in [1.54, 1.807) is 0 Å². The Kier molecular flexibility index (Phi) is 8.97. The topological polar surface area (TPSA) is 66.8 Å². The third-order valence-corrected chi connectivity index (χ3v) is 5.93. The van der Waals surface area contributed by atoms with Crippen LogP contribution in [0.3, 0.4) is 0 Å². The first-order valence-electron chi connectivity index (χ1n) is 10.3. The highest BCUT2D eigenvalue weighted by atomic mass is 16.5. The van der Waals surface area contributed by atoms with Gasteiger partial charge in [-0.1, -0.05) is 57.6 Å². The molecule has 25 heavy (non-hydrogen) atoms. The fourth-order valence-electron chi connectivity index (χ4n) is 4.50. The summed E-state index contributed by atoms with van der Waals surface area (Å²) in [7, 11) is 0. The Morgan fingerprint density at radius 2 is 2.00 bits per heavy atom. The summed E-state index contributed by atoms with van der Waals surface area (Å²) in [5.41, 5.74) is 0. The summed E-state index contributed by atoms with van der Waals surface area (Å²) in [4.78, 5) is 10.5. The van der Waals surface area contributed by atoms with Crippen molar-refractivity contribution in [1.29, 1.82) is 0 Å². The summed E-state index contributed by atoms with van der Waals surface area (Å²) in [5, 5.41) is 18.8. The highest BCUT2D eigenvalue weighted by Gasteiger charge is 2.46. The third-order valence-electron chi connectivity index (χ3n) is 5.93. The van der Waals surface area contributed by atoms with Gasteiger partial charge in [0.1, 0.15) is 0 Å². The lowest BCUT2D eigenvalue weighted by Gasteiger charge is -2.29. The van der Waals surface area contributed by atoms with Gasteiger partial charge in [-0.2, -0.15) is 0 Å². The SMILES string of the molecule is CCCCC[C@H](O)C=C[C@@H]1[C@@H](CCCCCCC(=O)O)[C@H]2CO[C@@H]1C2. The van der Waals surface area contributed by atoms with Crippen LogP contribution in [-0.4, -0.2) is 35.0 Å². The van der Waals surface area contributed by atoms with Crippen molar-refractivity contribution in [2.24, 2.45) is 17.8 Å². The Hall–Kier alpha value is -0.870. The molecule has 1 aliphatic carbocycles. The molecule has 2 rings (SSSR count). The number of unbranched alkanes of at least 4 members (excludes halogenated alkanes) is 5. The number of hydrogen-bond acceptors (Lipinski definition) is 3. The molecular formula is C21H36O4. The van der Waals surface area contributed by atoms with E-state index < -0.39 is 5.97 Å². The van der Waals surface area contributed by atoms with Crippen LogP contribution in [0.4, 0.5) is 0 Å². The number of carbonyl (C=O) groups is 1. The number of aliphatic hydroxyl groups excluding tert-OH is 1. The second kappa shape index (κ2) is 11.0. The number of hydrogen-bond donors (Lipinski definition) is 2. The Labute approximate surface area is 152 Å². The van der Waals surface area contributed by atoms with Gasteiger partial charge in [-0.25, -0.2) is 0 Å². The highest BCUT2D eigenvalue weighted by molar-refractivity contribution is 5.66. The van der Waals surface area contributed by atoms with Crippen molar-refractivity contribution in [3.05, 3.63) is 12.2 Å². The molecule has 0 aromatic heterocycles. The van der Waals surface area contributed by atoms with Gasteiger partial charge in [0.2, 0.25) is 0 Å². The molecular weight excluding hydrogens is 316 g/mol. The lowest BCUT2D eigenvalue weighted by atomic mass is 9.83. The molecule has 2 N–H and O–H groups in total. The first-order chi connectivity index (χ1) is 12.1. The smallest absolute Gasteiger partial charge is 0.303 e. The van der Waals surface area contributed by atoms with E-state index in [1.807, 2.05) is 6.08 Å². The molecule has 0 amide bonds. The Morgan fingerprint density at radius 3 is 2.76 bits per heavy atom. The lowest BCUT2D eigenvalue weighted by Crippen LogP contribution is -2.28. The van der Waals surface area contributed by atoms with Gasteiger partial charge < -0.3 is 14.9 Å². The molecule has 0 radical (unpaired) electrons. The molecule has 1 heterocycles. The van der Waals surface area contributed by atoms with Gasteiger partial charge in [-0.05, 0) is 37.5 Å². The van der Waals surface area contributed by atoms with Crippen molar-refractivity contribution in [3.63, 3.8) is 0 Å². The van der Waals surface area contributed by atoms with E-state index in [0.29, 0.717) is 30.3 Å². The second-order valence-electron chi connectivity index (χ2n) is 7.90. The summed E-state index contributed by atoms with van der Waals surface area (Å²) < 4.78 is 5.90. The van der Waals surface area contributed by atoms with Gasteiger partial charge in [0.15, 0.2) is 0 Å². The molecule has 1 saturated heterocycles. The molecule has 0 aromatic rings. The number of aliphatic carboxylic acids is 1. The molecule has 5 atom stereocenters. The molecule has 0 unspecified atom stereocenters. The molecule has 2 bridgehead atoms. The number of rotatable bonds is 13. The van der Waals surface area contributed by atoms with Crippen molar-refractivity contribution in [2.75, 3.05) is 6.61 Å². The standard InChI is InChI=1S/C21H36O4/c1-2-3-6-9-17(22)12-13-19-18(16-14-20(19)25-15-16)10-7-4-5-8-11-21(23)24/h12-13,16-20,22H,2-11,14-15H2,1H3,(H,23,24)/t16-,17+,18+,19-,20-/m1/s1. The van der Waals surface area contributed by atoms with Crippen LogP contribution < -0.4 is 0 Å². The molecule has 4 heteroatoms. The maximum Gasteiger partial charge on any atom is 0.303 e. The number of carboxylic acid groups (broad SMARTS) is 1. The zero-order valence-electron chi connectivity index (χ0n) is 15.7. The zero-order valence-corrected chi connectivity index (χ0v) is 15.7. The van der Waals surface area contributed by atoms with Gasteiger partial charge in [0.05, 0.1) is 18.8 Å². The van der Waals surface area contributed by atoms with Crippen LogP contribution in [0.5, 0.6) is 0 Å². The molecule has 0 aromatic carbocycles. The van der Waals surface area contributed by atoms with E-state index in [4.69, 9.17) is 9.84 Å². The van der Waals surface area contributed by atoms with E-state index >= 15 is 0 Å². The highest BCUT2D eigenvalue weighted by Crippen LogP contribution is 2.47. The van der Waals surface area contributed by atoms with E-state index in [1.165, 1.54) is 32.1 Å². The van der Waals surface area contributed by atoms with Gasteiger partial charge in [-0.3, -0.25) is 4.79 Å². The first-order valence-corrected chi connectivity index (χ1v) is 10.3.